The smallest absolute Gasteiger partial charge is 0.355 e. The largest absolute Gasteiger partial charge is 0.476 e. The fourth-order valence-electron chi connectivity index (χ4n) is 0.927. The zero-order valence-electron chi connectivity index (χ0n) is 7.71. The number of aromatic carboxylic acids is 1. The van der Waals surface area contributed by atoms with E-state index < -0.39 is 11.9 Å². The number of amides is 1. The molecule has 0 aliphatic heterocycles. The Labute approximate surface area is 92.7 Å². The first-order valence-corrected chi connectivity index (χ1v) is 4.94. The van der Waals surface area contributed by atoms with Crippen molar-refractivity contribution in [2.45, 2.75) is 0 Å². The number of carbonyl (C=O) groups excluding carboxylic acids is 1. The second-order valence-electron chi connectivity index (χ2n) is 2.71. The van der Waals surface area contributed by atoms with Crippen LogP contribution in [-0.4, -0.2) is 27.1 Å². The quantitative estimate of drug-likeness (QED) is 0.830. The third-order valence-corrected chi connectivity index (χ3v) is 2.45. The molecule has 0 spiro atoms. The van der Waals surface area contributed by atoms with Gasteiger partial charge in [0, 0.05) is 5.38 Å². The summed E-state index contributed by atoms with van der Waals surface area (Å²) in [5.74, 6) is -1.67. The molecule has 82 valence electrons. The number of carbonyl (C=O) groups is 2. The summed E-state index contributed by atoms with van der Waals surface area (Å²) in [6, 6.07) is 0. The van der Waals surface area contributed by atoms with Crippen LogP contribution in [0.15, 0.2) is 22.4 Å². The maximum Gasteiger partial charge on any atom is 0.355 e. The van der Waals surface area contributed by atoms with E-state index >= 15 is 0 Å². The molecule has 0 saturated heterocycles. The lowest BCUT2D eigenvalue weighted by Crippen LogP contribution is -2.11. The molecule has 1 amide bonds. The fourth-order valence-corrected chi connectivity index (χ4v) is 1.61. The van der Waals surface area contributed by atoms with Gasteiger partial charge in [0.15, 0.2) is 10.7 Å². The van der Waals surface area contributed by atoms with Crippen LogP contribution in [0.2, 0.25) is 0 Å². The first kappa shape index (κ1) is 10.3. The zero-order valence-corrected chi connectivity index (χ0v) is 8.52. The summed E-state index contributed by atoms with van der Waals surface area (Å²) in [5.41, 5.74) is 0.234. The molecule has 7 nitrogen and oxygen atoms in total. The van der Waals surface area contributed by atoms with Gasteiger partial charge in [0.2, 0.25) is 0 Å². The summed E-state index contributed by atoms with van der Waals surface area (Å²) in [7, 11) is 0. The van der Waals surface area contributed by atoms with E-state index in [1.54, 1.807) is 0 Å². The number of hydrogen-bond acceptors (Lipinski definition) is 6. The van der Waals surface area contributed by atoms with Crippen molar-refractivity contribution >= 4 is 28.9 Å². The first-order valence-electron chi connectivity index (χ1n) is 4.06. The molecule has 0 bridgehead atoms. The number of carboxylic acid groups (broad SMARTS) is 1. The predicted octanol–water partition coefficient (Wildman–Crippen LogP) is 1.08. The molecule has 16 heavy (non-hydrogen) atoms. The molecule has 2 rings (SSSR count). The molecule has 0 aliphatic carbocycles. The van der Waals surface area contributed by atoms with Gasteiger partial charge >= 0.3 is 5.97 Å². The molecule has 2 aromatic rings. The van der Waals surface area contributed by atoms with E-state index in [-0.39, 0.29) is 10.7 Å². The SMILES string of the molecule is O=C(O)c1csc(C(=O)Nc2cnoc2)n1. The molecular formula is C8H5N3O4S. The molecule has 2 heterocycles. The topological polar surface area (TPSA) is 105 Å². The summed E-state index contributed by atoms with van der Waals surface area (Å²) < 4.78 is 4.52. The standard InChI is InChI=1S/C8H5N3O4S/c12-6(10-4-1-9-15-2-4)7-11-5(3-16-7)8(13)14/h1-3H,(H,10,12)(H,13,14). The Kier molecular flexibility index (Phi) is 2.64. The third-order valence-electron chi connectivity index (χ3n) is 1.61. The van der Waals surface area contributed by atoms with Gasteiger partial charge in [-0.25, -0.2) is 9.78 Å². The lowest BCUT2D eigenvalue weighted by atomic mass is 10.5. The van der Waals surface area contributed by atoms with Crippen LogP contribution in [0, 0.1) is 0 Å². The Morgan fingerprint density at radius 3 is 2.88 bits per heavy atom. The molecule has 0 atom stereocenters. The summed E-state index contributed by atoms with van der Waals surface area (Å²) in [6.07, 6.45) is 2.58. The molecule has 0 saturated carbocycles. The summed E-state index contributed by atoms with van der Waals surface area (Å²) >= 11 is 0.953. The van der Waals surface area contributed by atoms with Crippen molar-refractivity contribution in [2.75, 3.05) is 5.32 Å². The summed E-state index contributed by atoms with van der Waals surface area (Å²) in [5, 5.41) is 15.8. The molecule has 0 fully saturated rings. The predicted molar refractivity (Wildman–Crippen MR) is 53.5 cm³/mol. The van der Waals surface area contributed by atoms with Gasteiger partial charge in [0.1, 0.15) is 12.0 Å². The molecule has 8 heteroatoms. The number of nitrogens with one attached hydrogen (secondary N) is 1. The van der Waals surface area contributed by atoms with E-state index in [1.165, 1.54) is 17.8 Å². The number of thiazole rings is 1. The highest BCUT2D eigenvalue weighted by molar-refractivity contribution is 7.12. The van der Waals surface area contributed by atoms with Gasteiger partial charge in [-0.3, -0.25) is 4.79 Å². The Morgan fingerprint density at radius 2 is 2.31 bits per heavy atom. The van der Waals surface area contributed by atoms with Crippen molar-refractivity contribution < 1.29 is 19.2 Å². The first-order chi connectivity index (χ1) is 7.66. The van der Waals surface area contributed by atoms with Crippen LogP contribution >= 0.6 is 11.3 Å². The van der Waals surface area contributed by atoms with E-state index in [0.717, 1.165) is 11.3 Å². The molecule has 2 aromatic heterocycles. The Balaban J connectivity index is 2.12. The number of nitrogens with zero attached hydrogens (tertiary/aromatic N) is 2. The minimum Gasteiger partial charge on any atom is -0.476 e. The van der Waals surface area contributed by atoms with Crippen LogP contribution in [0.3, 0.4) is 0 Å². The van der Waals surface area contributed by atoms with Crippen molar-refractivity contribution in [1.82, 2.24) is 10.1 Å². The number of carboxylic acids is 1. The van der Waals surface area contributed by atoms with E-state index in [0.29, 0.717) is 5.69 Å². The Bertz CT molecular complexity index is 519. The molecule has 0 unspecified atom stereocenters. The van der Waals surface area contributed by atoms with Crippen molar-refractivity contribution in [3.05, 3.63) is 28.5 Å². The van der Waals surface area contributed by atoms with Gasteiger partial charge in [-0.1, -0.05) is 5.16 Å². The van der Waals surface area contributed by atoms with E-state index in [9.17, 15) is 9.59 Å². The van der Waals surface area contributed by atoms with Crippen molar-refractivity contribution in [3.63, 3.8) is 0 Å². The highest BCUT2D eigenvalue weighted by atomic mass is 32.1. The van der Waals surface area contributed by atoms with Gasteiger partial charge < -0.3 is 14.9 Å². The van der Waals surface area contributed by atoms with Crippen molar-refractivity contribution in [3.8, 4) is 0 Å². The third kappa shape index (κ3) is 2.06. The van der Waals surface area contributed by atoms with Gasteiger partial charge in [0.05, 0.1) is 6.20 Å². The van der Waals surface area contributed by atoms with Crippen LogP contribution in [0.4, 0.5) is 5.69 Å². The monoisotopic (exact) mass is 239 g/mol. The van der Waals surface area contributed by atoms with Gasteiger partial charge in [-0.05, 0) is 0 Å². The number of aromatic nitrogens is 2. The Morgan fingerprint density at radius 1 is 1.50 bits per heavy atom. The summed E-state index contributed by atoms with van der Waals surface area (Å²) in [6.45, 7) is 0. The maximum atomic E-state index is 11.5. The second kappa shape index (κ2) is 4.11. The van der Waals surface area contributed by atoms with E-state index in [2.05, 4.69) is 20.0 Å². The number of anilines is 1. The molecule has 0 radical (unpaired) electrons. The maximum absolute atomic E-state index is 11.5. The number of rotatable bonds is 3. The fraction of sp³-hybridized carbons (Fsp3) is 0. The molecule has 0 aromatic carbocycles. The molecular weight excluding hydrogens is 234 g/mol. The van der Waals surface area contributed by atoms with Gasteiger partial charge in [0.25, 0.3) is 5.91 Å². The van der Waals surface area contributed by atoms with E-state index in [4.69, 9.17) is 5.11 Å². The average molecular weight is 239 g/mol. The number of hydrogen-bond donors (Lipinski definition) is 2. The summed E-state index contributed by atoms with van der Waals surface area (Å²) in [4.78, 5) is 25.7. The lowest BCUT2D eigenvalue weighted by Gasteiger charge is -1.95. The van der Waals surface area contributed by atoms with Crippen LogP contribution < -0.4 is 5.32 Å². The average Bonchev–Trinajstić information content (AvgIpc) is 2.86. The minimum absolute atomic E-state index is 0.0681. The minimum atomic E-state index is -1.17. The van der Waals surface area contributed by atoms with Crippen molar-refractivity contribution in [1.29, 1.82) is 0 Å². The molecule has 0 aliphatic rings. The Hall–Kier alpha value is -2.22. The normalized spacial score (nSPS) is 10.0. The van der Waals surface area contributed by atoms with Crippen LogP contribution in [0.5, 0.6) is 0 Å². The van der Waals surface area contributed by atoms with Gasteiger partial charge in [-0.15, -0.1) is 11.3 Å². The molecule has 2 N–H and O–H groups in total. The lowest BCUT2D eigenvalue weighted by molar-refractivity contribution is 0.0691. The van der Waals surface area contributed by atoms with Gasteiger partial charge in [-0.2, -0.15) is 0 Å². The van der Waals surface area contributed by atoms with Crippen LogP contribution in [-0.2, 0) is 0 Å². The highest BCUT2D eigenvalue weighted by Crippen LogP contribution is 2.12. The second-order valence-corrected chi connectivity index (χ2v) is 3.57. The van der Waals surface area contributed by atoms with Crippen LogP contribution in [0.1, 0.15) is 20.3 Å². The highest BCUT2D eigenvalue weighted by Gasteiger charge is 2.15. The zero-order chi connectivity index (χ0) is 11.5. The van der Waals surface area contributed by atoms with E-state index in [1.807, 2.05) is 0 Å². The van der Waals surface area contributed by atoms with Crippen molar-refractivity contribution in [2.24, 2.45) is 0 Å². The van der Waals surface area contributed by atoms with Crippen LogP contribution in [0.25, 0.3) is 0 Å².